The van der Waals surface area contributed by atoms with Gasteiger partial charge >= 0.3 is 5.97 Å². The van der Waals surface area contributed by atoms with Crippen molar-refractivity contribution in [3.05, 3.63) is 59.7 Å². The molecule has 1 aliphatic rings. The number of hydrogen-bond acceptors (Lipinski definition) is 5. The number of hydrogen-bond donors (Lipinski definition) is 1. The molecule has 0 radical (unpaired) electrons. The average molecular weight is 344 g/mol. The second-order valence-electron chi connectivity index (χ2n) is 5.76. The summed E-state index contributed by atoms with van der Waals surface area (Å²) < 4.78 is 15.4. The highest BCUT2D eigenvalue weighted by Crippen LogP contribution is 2.15. The lowest BCUT2D eigenvalue weighted by Crippen LogP contribution is -2.05. The summed E-state index contributed by atoms with van der Waals surface area (Å²) in [5.74, 6) is 0.727. The van der Waals surface area contributed by atoms with Gasteiger partial charge in [-0.15, -0.1) is 0 Å². The Hall–Kier alpha value is -2.53. The van der Waals surface area contributed by atoms with Crippen LogP contribution in [-0.4, -0.2) is 37.0 Å². The molecule has 1 unspecified atom stereocenters. The van der Waals surface area contributed by atoms with Gasteiger partial charge in [-0.25, -0.2) is 4.79 Å². The van der Waals surface area contributed by atoms with E-state index in [1.54, 1.807) is 0 Å². The maximum atomic E-state index is 11.2. The second kappa shape index (κ2) is 9.69. The monoisotopic (exact) mass is 344 g/mol. The largest absolute Gasteiger partial charge is 0.508 e. The number of phenols is 1. The minimum atomic E-state index is -0.346. The number of carbonyl (C=O) groups excluding carboxylic acids is 1. The summed E-state index contributed by atoms with van der Waals surface area (Å²) in [7, 11) is 0. The Bertz CT molecular complexity index is 645. The molecule has 1 heterocycles. The molecule has 5 heteroatoms. The molecule has 134 valence electrons. The summed E-state index contributed by atoms with van der Waals surface area (Å²) in [6.07, 6.45) is 1.15. The van der Waals surface area contributed by atoms with Crippen LogP contribution in [0.25, 0.3) is 0 Å². The fourth-order valence-corrected chi connectivity index (χ4v) is 1.86. The SMILES string of the molecule is CCCOC(=O)c1ccc(O)cc1.Cc1ccc(OCC2CO2)cc1. The van der Waals surface area contributed by atoms with Crippen LogP contribution in [0.5, 0.6) is 11.5 Å². The maximum Gasteiger partial charge on any atom is 0.338 e. The number of benzene rings is 2. The van der Waals surface area contributed by atoms with E-state index in [9.17, 15) is 4.79 Å². The zero-order chi connectivity index (χ0) is 18.1. The highest BCUT2D eigenvalue weighted by molar-refractivity contribution is 5.89. The lowest BCUT2D eigenvalue weighted by Gasteiger charge is -2.03. The Labute approximate surface area is 148 Å². The summed E-state index contributed by atoms with van der Waals surface area (Å²) in [6.45, 7) is 5.96. The minimum Gasteiger partial charge on any atom is -0.508 e. The van der Waals surface area contributed by atoms with Gasteiger partial charge < -0.3 is 19.3 Å². The molecule has 0 aromatic heterocycles. The third-order valence-corrected chi connectivity index (χ3v) is 3.40. The maximum absolute atomic E-state index is 11.2. The van der Waals surface area contributed by atoms with Crippen molar-refractivity contribution in [2.75, 3.05) is 19.8 Å². The van der Waals surface area contributed by atoms with Crippen molar-refractivity contribution in [2.45, 2.75) is 26.4 Å². The number of aryl methyl sites for hydroxylation is 1. The summed E-state index contributed by atoms with van der Waals surface area (Å²) in [6, 6.07) is 14.0. The molecule has 0 bridgehead atoms. The van der Waals surface area contributed by atoms with Crippen molar-refractivity contribution in [2.24, 2.45) is 0 Å². The molecule has 1 atom stereocenters. The van der Waals surface area contributed by atoms with Gasteiger partial charge in [-0.1, -0.05) is 24.6 Å². The Kier molecular flexibility index (Phi) is 7.29. The second-order valence-corrected chi connectivity index (χ2v) is 5.76. The third-order valence-electron chi connectivity index (χ3n) is 3.40. The molecule has 1 saturated heterocycles. The third kappa shape index (κ3) is 7.27. The Morgan fingerprint density at radius 1 is 1.16 bits per heavy atom. The van der Waals surface area contributed by atoms with E-state index in [0.29, 0.717) is 24.9 Å². The van der Waals surface area contributed by atoms with Crippen molar-refractivity contribution < 1.29 is 24.1 Å². The number of esters is 1. The normalized spacial score (nSPS) is 14.9. The smallest absolute Gasteiger partial charge is 0.338 e. The standard InChI is InChI=1S/C10H12O3.C10H12O2/c1-2-7-13-10(12)8-3-5-9(11)6-4-8;1-8-2-4-9(5-3-8)11-6-10-7-12-10/h3-6,11H,2,7H2,1H3;2-5,10H,6-7H2,1H3. The van der Waals surface area contributed by atoms with Crippen molar-refractivity contribution >= 4 is 5.97 Å². The fourth-order valence-electron chi connectivity index (χ4n) is 1.86. The molecule has 2 aromatic carbocycles. The average Bonchev–Trinajstić information content (AvgIpc) is 3.45. The summed E-state index contributed by atoms with van der Waals surface area (Å²) in [5, 5.41) is 8.96. The predicted octanol–water partition coefficient (Wildman–Crippen LogP) is 3.73. The van der Waals surface area contributed by atoms with E-state index in [1.807, 2.05) is 31.2 Å². The Morgan fingerprint density at radius 3 is 2.36 bits per heavy atom. The van der Waals surface area contributed by atoms with Gasteiger partial charge in [-0.05, 0) is 49.7 Å². The summed E-state index contributed by atoms with van der Waals surface area (Å²) in [5.41, 5.74) is 1.72. The zero-order valence-corrected chi connectivity index (χ0v) is 14.6. The molecule has 5 nitrogen and oxygen atoms in total. The Morgan fingerprint density at radius 2 is 1.80 bits per heavy atom. The van der Waals surface area contributed by atoms with Crippen LogP contribution in [-0.2, 0) is 9.47 Å². The molecule has 3 rings (SSSR count). The first-order valence-electron chi connectivity index (χ1n) is 8.35. The first kappa shape index (κ1) is 18.8. The lowest BCUT2D eigenvalue weighted by molar-refractivity contribution is 0.0505. The van der Waals surface area contributed by atoms with Gasteiger partial charge in [0.15, 0.2) is 0 Å². The number of carbonyl (C=O) groups is 1. The fraction of sp³-hybridized carbons (Fsp3) is 0.350. The predicted molar refractivity (Wildman–Crippen MR) is 95.1 cm³/mol. The topological polar surface area (TPSA) is 68.3 Å². The quantitative estimate of drug-likeness (QED) is 0.639. The molecular weight excluding hydrogens is 320 g/mol. The van der Waals surface area contributed by atoms with E-state index in [2.05, 4.69) is 6.92 Å². The zero-order valence-electron chi connectivity index (χ0n) is 14.6. The summed E-state index contributed by atoms with van der Waals surface area (Å²) in [4.78, 5) is 11.2. The molecule has 1 N–H and O–H groups in total. The van der Waals surface area contributed by atoms with Crippen LogP contribution in [0.4, 0.5) is 0 Å². The van der Waals surface area contributed by atoms with E-state index < -0.39 is 0 Å². The molecule has 1 aliphatic heterocycles. The van der Waals surface area contributed by atoms with Crippen LogP contribution >= 0.6 is 0 Å². The van der Waals surface area contributed by atoms with E-state index in [4.69, 9.17) is 19.3 Å². The molecule has 25 heavy (non-hydrogen) atoms. The van der Waals surface area contributed by atoms with Gasteiger partial charge in [-0.2, -0.15) is 0 Å². The van der Waals surface area contributed by atoms with Crippen LogP contribution in [0.1, 0.15) is 29.3 Å². The van der Waals surface area contributed by atoms with E-state index >= 15 is 0 Å². The number of aromatic hydroxyl groups is 1. The lowest BCUT2D eigenvalue weighted by atomic mass is 10.2. The van der Waals surface area contributed by atoms with Crippen molar-refractivity contribution in [1.82, 2.24) is 0 Å². The number of phenolic OH excluding ortho intramolecular Hbond substituents is 1. The van der Waals surface area contributed by atoms with Crippen molar-refractivity contribution in [3.63, 3.8) is 0 Å². The van der Waals surface area contributed by atoms with Crippen LogP contribution in [0.3, 0.4) is 0 Å². The van der Waals surface area contributed by atoms with E-state index in [0.717, 1.165) is 18.8 Å². The van der Waals surface area contributed by atoms with Crippen molar-refractivity contribution in [1.29, 1.82) is 0 Å². The molecule has 0 spiro atoms. The Balaban J connectivity index is 0.000000181. The first-order valence-corrected chi connectivity index (χ1v) is 8.35. The van der Waals surface area contributed by atoms with Gasteiger partial charge in [0.2, 0.25) is 0 Å². The van der Waals surface area contributed by atoms with E-state index in [-0.39, 0.29) is 11.7 Å². The number of ether oxygens (including phenoxy) is 3. The van der Waals surface area contributed by atoms with Gasteiger partial charge in [0.25, 0.3) is 0 Å². The molecule has 2 aromatic rings. The van der Waals surface area contributed by atoms with Crippen LogP contribution < -0.4 is 4.74 Å². The molecular formula is C20H24O5. The van der Waals surface area contributed by atoms with Gasteiger partial charge in [-0.3, -0.25) is 0 Å². The molecule has 0 amide bonds. The van der Waals surface area contributed by atoms with Crippen LogP contribution in [0.15, 0.2) is 48.5 Å². The molecule has 0 aliphatic carbocycles. The summed E-state index contributed by atoms with van der Waals surface area (Å²) >= 11 is 0. The van der Waals surface area contributed by atoms with Gasteiger partial charge in [0, 0.05) is 0 Å². The molecule has 0 saturated carbocycles. The van der Waals surface area contributed by atoms with Gasteiger partial charge in [0.05, 0.1) is 18.8 Å². The highest BCUT2D eigenvalue weighted by Gasteiger charge is 2.22. The number of rotatable bonds is 6. The van der Waals surface area contributed by atoms with E-state index in [1.165, 1.54) is 29.8 Å². The minimum absolute atomic E-state index is 0.145. The van der Waals surface area contributed by atoms with Crippen LogP contribution in [0, 0.1) is 6.92 Å². The van der Waals surface area contributed by atoms with Gasteiger partial charge in [0.1, 0.15) is 24.2 Å². The van der Waals surface area contributed by atoms with Crippen LogP contribution in [0.2, 0.25) is 0 Å². The number of epoxide rings is 1. The molecule has 1 fully saturated rings. The van der Waals surface area contributed by atoms with Crippen molar-refractivity contribution in [3.8, 4) is 11.5 Å². The first-order chi connectivity index (χ1) is 12.1. The highest BCUT2D eigenvalue weighted by atomic mass is 16.6.